The van der Waals surface area contributed by atoms with Crippen molar-refractivity contribution in [1.29, 1.82) is 0 Å². The van der Waals surface area contributed by atoms with E-state index < -0.39 is 53.5 Å². The number of hydrogen-bond acceptors (Lipinski definition) is 3. The average molecular weight is 636 g/mol. The highest BCUT2D eigenvalue weighted by Gasteiger charge is 2.46. The molecule has 0 aliphatic carbocycles. The van der Waals surface area contributed by atoms with Gasteiger partial charge in [-0.2, -0.15) is 26.3 Å². The van der Waals surface area contributed by atoms with Gasteiger partial charge in [0.05, 0.1) is 23.1 Å². The van der Waals surface area contributed by atoms with Crippen LogP contribution in [-0.4, -0.2) is 46.9 Å². The maximum atomic E-state index is 14.9. The van der Waals surface area contributed by atoms with Crippen LogP contribution in [0.15, 0.2) is 66.7 Å². The molecule has 3 atom stereocenters. The third-order valence-corrected chi connectivity index (χ3v) is 8.57. The predicted molar refractivity (Wildman–Crippen MR) is 154 cm³/mol. The first-order chi connectivity index (χ1) is 21.2. The van der Waals surface area contributed by atoms with Crippen LogP contribution >= 0.6 is 0 Å². The van der Waals surface area contributed by atoms with Gasteiger partial charge in [0.25, 0.3) is 5.91 Å². The number of benzene rings is 3. The molecule has 0 saturated carbocycles. The van der Waals surface area contributed by atoms with E-state index in [4.69, 9.17) is 0 Å². The molecule has 240 valence electrons. The standard InChI is InChI=1S/C33H32F7N3O2/c1-20-6-2-10-26(34)28(20)31(45)43-17-4-9-25(30(44)41-24-8-3-7-23(18-24)32(35,36)37)29(43)22-14-12-21(13-15-22)19-42-16-5-11-27(42)33(38,39)40/h2-3,6-8,10,12-15,18,25,27,29H,4-5,9,11,16-17,19H2,1H3,(H,41,44). The first-order valence-corrected chi connectivity index (χ1v) is 14.7. The Morgan fingerprint density at radius 3 is 2.24 bits per heavy atom. The monoisotopic (exact) mass is 635 g/mol. The van der Waals surface area contributed by atoms with E-state index in [-0.39, 0.29) is 37.2 Å². The normalized spacial score (nSPS) is 21.2. The van der Waals surface area contributed by atoms with Crippen LogP contribution in [0.4, 0.5) is 36.4 Å². The maximum absolute atomic E-state index is 14.9. The Bertz CT molecular complexity index is 1520. The molecule has 1 N–H and O–H groups in total. The average Bonchev–Trinajstić information content (AvgIpc) is 3.46. The lowest BCUT2D eigenvalue weighted by Gasteiger charge is -2.41. The van der Waals surface area contributed by atoms with Crippen molar-refractivity contribution in [2.75, 3.05) is 18.4 Å². The number of carbonyl (C=O) groups excluding carboxylic acids is 2. The van der Waals surface area contributed by atoms with Crippen LogP contribution in [0.3, 0.4) is 0 Å². The molecule has 2 saturated heterocycles. The summed E-state index contributed by atoms with van der Waals surface area (Å²) in [6.07, 6.45) is -7.84. The zero-order valence-electron chi connectivity index (χ0n) is 24.4. The number of alkyl halides is 6. The number of anilines is 1. The molecule has 3 aromatic carbocycles. The molecule has 3 unspecified atom stereocenters. The van der Waals surface area contributed by atoms with Crippen molar-refractivity contribution in [2.45, 2.75) is 63.6 Å². The number of rotatable bonds is 6. The molecule has 0 spiro atoms. The Labute approximate surface area is 256 Å². The highest BCUT2D eigenvalue weighted by Crippen LogP contribution is 2.40. The van der Waals surface area contributed by atoms with Crippen molar-refractivity contribution in [2.24, 2.45) is 5.92 Å². The van der Waals surface area contributed by atoms with E-state index in [0.717, 1.165) is 12.1 Å². The molecular weight excluding hydrogens is 603 g/mol. The smallest absolute Gasteiger partial charge is 0.331 e. The number of amides is 2. The van der Waals surface area contributed by atoms with E-state index in [9.17, 15) is 40.3 Å². The summed E-state index contributed by atoms with van der Waals surface area (Å²) in [6, 6.07) is 12.6. The highest BCUT2D eigenvalue weighted by atomic mass is 19.4. The van der Waals surface area contributed by atoms with Crippen molar-refractivity contribution in [3.8, 4) is 0 Å². The van der Waals surface area contributed by atoms with E-state index in [1.54, 1.807) is 37.3 Å². The number of halogens is 7. The van der Waals surface area contributed by atoms with Crippen molar-refractivity contribution in [1.82, 2.24) is 9.80 Å². The number of nitrogens with zero attached hydrogens (tertiary/aromatic N) is 2. The van der Waals surface area contributed by atoms with Crippen LogP contribution in [0.1, 0.15) is 64.3 Å². The summed E-state index contributed by atoms with van der Waals surface area (Å²) in [5, 5.41) is 2.56. The third kappa shape index (κ3) is 7.16. The minimum Gasteiger partial charge on any atom is -0.331 e. The van der Waals surface area contributed by atoms with Crippen molar-refractivity contribution in [3.05, 3.63) is 100 Å². The second kappa shape index (κ2) is 12.8. The van der Waals surface area contributed by atoms with Crippen LogP contribution in [0, 0.1) is 18.7 Å². The minimum atomic E-state index is -4.62. The molecule has 5 rings (SSSR count). The van der Waals surface area contributed by atoms with Crippen LogP contribution in [0.5, 0.6) is 0 Å². The lowest BCUT2D eigenvalue weighted by atomic mass is 9.83. The zero-order chi connectivity index (χ0) is 32.5. The van der Waals surface area contributed by atoms with Gasteiger partial charge in [-0.05, 0) is 80.1 Å². The first kappa shape index (κ1) is 32.5. The summed E-state index contributed by atoms with van der Waals surface area (Å²) in [5.41, 5.74) is 0.355. The lowest BCUT2D eigenvalue weighted by Crippen LogP contribution is -2.46. The third-order valence-electron chi connectivity index (χ3n) is 8.57. The molecule has 2 fully saturated rings. The summed E-state index contributed by atoms with van der Waals surface area (Å²) in [5.74, 6) is -2.89. The fourth-order valence-electron chi connectivity index (χ4n) is 6.41. The highest BCUT2D eigenvalue weighted by molar-refractivity contribution is 5.98. The van der Waals surface area contributed by atoms with Crippen LogP contribution in [0.25, 0.3) is 0 Å². The molecule has 0 radical (unpaired) electrons. The van der Waals surface area contributed by atoms with Gasteiger partial charge in [-0.15, -0.1) is 0 Å². The van der Waals surface area contributed by atoms with Gasteiger partial charge < -0.3 is 10.2 Å². The Morgan fingerprint density at radius 1 is 0.889 bits per heavy atom. The van der Waals surface area contributed by atoms with Gasteiger partial charge in [-0.25, -0.2) is 4.39 Å². The fourth-order valence-corrected chi connectivity index (χ4v) is 6.41. The van der Waals surface area contributed by atoms with Gasteiger partial charge in [0, 0.05) is 18.8 Å². The van der Waals surface area contributed by atoms with E-state index >= 15 is 0 Å². The van der Waals surface area contributed by atoms with Crippen LogP contribution in [-0.2, 0) is 17.5 Å². The van der Waals surface area contributed by atoms with E-state index in [1.807, 2.05) is 0 Å². The number of carbonyl (C=O) groups is 2. The van der Waals surface area contributed by atoms with E-state index in [2.05, 4.69) is 5.32 Å². The number of nitrogens with one attached hydrogen (secondary N) is 1. The molecule has 2 heterocycles. The summed E-state index contributed by atoms with van der Waals surface area (Å²) in [6.45, 7) is 2.14. The molecule has 3 aromatic rings. The molecule has 0 aromatic heterocycles. The molecular formula is C33H32F7N3O2. The Kier molecular flexibility index (Phi) is 9.25. The Morgan fingerprint density at radius 2 is 1.58 bits per heavy atom. The molecule has 5 nitrogen and oxygen atoms in total. The van der Waals surface area contributed by atoms with E-state index in [0.29, 0.717) is 36.1 Å². The van der Waals surface area contributed by atoms with E-state index in [1.165, 1.54) is 34.1 Å². The molecule has 0 bridgehead atoms. The Balaban J connectivity index is 1.46. The van der Waals surface area contributed by atoms with Gasteiger partial charge in [0.15, 0.2) is 0 Å². The van der Waals surface area contributed by atoms with Gasteiger partial charge in [0.2, 0.25) is 5.91 Å². The summed E-state index contributed by atoms with van der Waals surface area (Å²) < 4.78 is 95.3. The maximum Gasteiger partial charge on any atom is 0.416 e. The van der Waals surface area contributed by atoms with Gasteiger partial charge >= 0.3 is 12.4 Å². The van der Waals surface area contributed by atoms with Crippen molar-refractivity contribution in [3.63, 3.8) is 0 Å². The summed E-state index contributed by atoms with van der Waals surface area (Å²) >= 11 is 0. The van der Waals surface area contributed by atoms with Gasteiger partial charge in [-0.3, -0.25) is 14.5 Å². The second-order valence-electron chi connectivity index (χ2n) is 11.6. The zero-order valence-corrected chi connectivity index (χ0v) is 24.4. The number of aryl methyl sites for hydroxylation is 1. The largest absolute Gasteiger partial charge is 0.416 e. The SMILES string of the molecule is Cc1cccc(F)c1C(=O)N1CCCC(C(=O)Nc2cccc(C(F)(F)F)c2)C1c1ccc(CN2CCCC2C(F)(F)F)cc1. The first-order valence-electron chi connectivity index (χ1n) is 14.7. The second-order valence-corrected chi connectivity index (χ2v) is 11.6. The molecule has 12 heteroatoms. The summed E-state index contributed by atoms with van der Waals surface area (Å²) in [7, 11) is 0. The lowest BCUT2D eigenvalue weighted by molar-refractivity contribution is -0.177. The minimum absolute atomic E-state index is 0.0266. The molecule has 2 aliphatic heterocycles. The Hall–Kier alpha value is -3.93. The van der Waals surface area contributed by atoms with Crippen LogP contribution < -0.4 is 5.32 Å². The van der Waals surface area contributed by atoms with Crippen molar-refractivity contribution < 1.29 is 40.3 Å². The number of piperidine rings is 1. The molecule has 2 amide bonds. The van der Waals surface area contributed by atoms with Gasteiger partial charge in [0.1, 0.15) is 11.9 Å². The predicted octanol–water partition coefficient (Wildman–Crippen LogP) is 7.91. The quantitative estimate of drug-likeness (QED) is 0.280. The van der Waals surface area contributed by atoms with Gasteiger partial charge in [-0.1, -0.05) is 42.5 Å². The van der Waals surface area contributed by atoms with Crippen LogP contribution in [0.2, 0.25) is 0 Å². The molecule has 45 heavy (non-hydrogen) atoms. The summed E-state index contributed by atoms with van der Waals surface area (Å²) in [4.78, 5) is 30.3. The fraction of sp³-hybridized carbons (Fsp3) is 0.394. The molecule has 2 aliphatic rings. The topological polar surface area (TPSA) is 52.7 Å². The van der Waals surface area contributed by atoms with Crippen molar-refractivity contribution >= 4 is 17.5 Å². The number of likely N-dealkylation sites (tertiary alicyclic amines) is 2. The number of hydrogen-bond donors (Lipinski definition) is 1.